The van der Waals surface area contributed by atoms with Crippen LogP contribution in [0.4, 0.5) is 0 Å². The lowest BCUT2D eigenvalue weighted by Crippen LogP contribution is -2.00. The second-order valence-corrected chi connectivity index (χ2v) is 2.64. The molecule has 0 saturated heterocycles. The minimum atomic E-state index is -0.999. The van der Waals surface area contributed by atoms with Crippen LogP contribution in [-0.2, 0) is 0 Å². The maximum absolute atomic E-state index is 10.5. The number of nitrogens with one attached hydrogen (secondary N) is 1. The van der Waals surface area contributed by atoms with Gasteiger partial charge in [-0.1, -0.05) is 0 Å². The van der Waals surface area contributed by atoms with Crippen LogP contribution in [0, 0.1) is 0 Å². The average Bonchev–Trinajstić information content (AvgIpc) is 2.68. The quantitative estimate of drug-likeness (QED) is 0.643. The first-order valence-electron chi connectivity index (χ1n) is 3.43. The number of nitrogens with zero attached hydrogens (tertiary/aromatic N) is 2. The molecule has 1 saturated carbocycles. The molecule has 1 aliphatic carbocycles. The topological polar surface area (TPSA) is 78.9 Å². The van der Waals surface area contributed by atoms with Crippen LogP contribution in [0.3, 0.4) is 0 Å². The van der Waals surface area contributed by atoms with E-state index in [9.17, 15) is 4.79 Å². The van der Waals surface area contributed by atoms with Crippen molar-refractivity contribution in [2.75, 3.05) is 0 Å². The molecule has 2 N–H and O–H groups in total. The van der Waals surface area contributed by atoms with E-state index >= 15 is 0 Å². The first-order valence-corrected chi connectivity index (χ1v) is 3.43. The van der Waals surface area contributed by atoms with E-state index < -0.39 is 5.97 Å². The predicted octanol–water partition coefficient (Wildman–Crippen LogP) is 0.380. The van der Waals surface area contributed by atoms with Crippen LogP contribution in [0.15, 0.2) is 0 Å². The molecule has 1 aromatic heterocycles. The Balaban J connectivity index is 2.37. The van der Waals surface area contributed by atoms with E-state index in [4.69, 9.17) is 5.11 Å². The highest BCUT2D eigenvalue weighted by atomic mass is 16.4. The van der Waals surface area contributed by atoms with Gasteiger partial charge in [0.05, 0.1) is 0 Å². The van der Waals surface area contributed by atoms with E-state index in [0.717, 1.165) is 12.8 Å². The Morgan fingerprint density at radius 3 is 2.82 bits per heavy atom. The number of aromatic carboxylic acids is 1. The smallest absolute Gasteiger partial charge is 0.358 e. The van der Waals surface area contributed by atoms with Crippen molar-refractivity contribution >= 4 is 5.97 Å². The number of hydrogen-bond donors (Lipinski definition) is 2. The van der Waals surface area contributed by atoms with E-state index in [-0.39, 0.29) is 5.69 Å². The van der Waals surface area contributed by atoms with Crippen molar-refractivity contribution in [3.63, 3.8) is 0 Å². The Labute approximate surface area is 62.4 Å². The number of carbonyl (C=O) groups is 1. The summed E-state index contributed by atoms with van der Waals surface area (Å²) in [5.74, 6) is -0.666. The largest absolute Gasteiger partial charge is 0.476 e. The fourth-order valence-corrected chi connectivity index (χ4v) is 1.04. The maximum Gasteiger partial charge on any atom is 0.358 e. The fourth-order valence-electron chi connectivity index (χ4n) is 1.04. The molecule has 0 aromatic carbocycles. The molecule has 5 nitrogen and oxygen atoms in total. The Hall–Kier alpha value is -1.39. The van der Waals surface area contributed by atoms with Gasteiger partial charge in [0.25, 0.3) is 0 Å². The van der Waals surface area contributed by atoms with Gasteiger partial charge in [-0.3, -0.25) is 0 Å². The number of carboxylic acids is 1. The lowest BCUT2D eigenvalue weighted by Gasteiger charge is -1.88. The minimum absolute atomic E-state index is 0.0764. The van der Waals surface area contributed by atoms with Crippen molar-refractivity contribution in [2.45, 2.75) is 18.8 Å². The molecular formula is C6H7N3O2. The molecule has 11 heavy (non-hydrogen) atoms. The Bertz CT molecular complexity index is 290. The molecular weight excluding hydrogens is 146 g/mol. The molecule has 0 spiro atoms. The summed E-state index contributed by atoms with van der Waals surface area (Å²) in [5.41, 5.74) is 0.685. The first-order chi connectivity index (χ1) is 5.29. The van der Waals surface area contributed by atoms with E-state index in [1.807, 2.05) is 0 Å². The summed E-state index contributed by atoms with van der Waals surface area (Å²) in [6.07, 6.45) is 2.07. The molecule has 2 rings (SSSR count). The van der Waals surface area contributed by atoms with Crippen LogP contribution < -0.4 is 0 Å². The minimum Gasteiger partial charge on any atom is -0.476 e. The molecule has 1 fully saturated rings. The summed E-state index contributed by atoms with van der Waals surface area (Å²) in [7, 11) is 0. The number of aromatic amines is 1. The van der Waals surface area contributed by atoms with Gasteiger partial charge in [-0.05, 0) is 12.8 Å². The molecule has 0 aliphatic heterocycles. The van der Waals surface area contributed by atoms with Crippen molar-refractivity contribution in [3.05, 3.63) is 11.4 Å². The zero-order valence-electron chi connectivity index (χ0n) is 5.74. The van der Waals surface area contributed by atoms with Crippen LogP contribution >= 0.6 is 0 Å². The van der Waals surface area contributed by atoms with Gasteiger partial charge in [-0.15, -0.1) is 5.10 Å². The number of aromatic nitrogens is 3. The summed E-state index contributed by atoms with van der Waals surface area (Å²) < 4.78 is 0. The van der Waals surface area contributed by atoms with Gasteiger partial charge < -0.3 is 5.11 Å². The summed E-state index contributed by atoms with van der Waals surface area (Å²) in [4.78, 5) is 10.5. The van der Waals surface area contributed by atoms with Gasteiger partial charge in [0, 0.05) is 5.92 Å². The first kappa shape index (κ1) is 6.33. The van der Waals surface area contributed by atoms with E-state index in [0.29, 0.717) is 11.6 Å². The van der Waals surface area contributed by atoms with Crippen LogP contribution in [0.1, 0.15) is 34.9 Å². The molecule has 0 radical (unpaired) electrons. The summed E-state index contributed by atoms with van der Waals surface area (Å²) in [5, 5.41) is 18.3. The third kappa shape index (κ3) is 0.978. The van der Waals surface area contributed by atoms with Gasteiger partial charge >= 0.3 is 5.97 Å². The second kappa shape index (κ2) is 2.05. The molecule has 0 amide bonds. The molecule has 1 aliphatic rings. The normalized spacial score (nSPS) is 16.7. The summed E-state index contributed by atoms with van der Waals surface area (Å²) in [6.45, 7) is 0. The van der Waals surface area contributed by atoms with Crippen molar-refractivity contribution in [1.82, 2.24) is 15.4 Å². The van der Waals surface area contributed by atoms with E-state index in [2.05, 4.69) is 15.4 Å². The van der Waals surface area contributed by atoms with E-state index in [1.54, 1.807) is 0 Å². The summed E-state index contributed by atoms with van der Waals surface area (Å²) >= 11 is 0. The second-order valence-electron chi connectivity index (χ2n) is 2.64. The van der Waals surface area contributed by atoms with Crippen molar-refractivity contribution in [1.29, 1.82) is 0 Å². The Morgan fingerprint density at radius 2 is 2.27 bits per heavy atom. The monoisotopic (exact) mass is 153 g/mol. The van der Waals surface area contributed by atoms with Crippen molar-refractivity contribution in [2.24, 2.45) is 0 Å². The Kier molecular flexibility index (Phi) is 1.18. The SMILES string of the molecule is O=C(O)c1n[nH]nc1C1CC1. The van der Waals surface area contributed by atoms with Gasteiger partial charge in [0.15, 0.2) is 5.69 Å². The van der Waals surface area contributed by atoms with Gasteiger partial charge in [-0.2, -0.15) is 10.3 Å². The lowest BCUT2D eigenvalue weighted by atomic mass is 10.2. The Morgan fingerprint density at radius 1 is 1.55 bits per heavy atom. The van der Waals surface area contributed by atoms with Crippen LogP contribution in [-0.4, -0.2) is 26.5 Å². The molecule has 0 bridgehead atoms. The molecule has 1 aromatic rings. The standard InChI is InChI=1S/C6H7N3O2/c10-6(11)5-4(3-1-2-3)7-9-8-5/h3H,1-2H2,(H,10,11)(H,7,8,9). The van der Waals surface area contributed by atoms with Gasteiger partial charge in [-0.25, -0.2) is 4.79 Å². The molecule has 1 heterocycles. The third-order valence-corrected chi connectivity index (χ3v) is 1.74. The number of carboxylic acid groups (broad SMARTS) is 1. The number of rotatable bonds is 2. The molecule has 0 unspecified atom stereocenters. The van der Waals surface area contributed by atoms with Crippen LogP contribution in [0.25, 0.3) is 0 Å². The highest BCUT2D eigenvalue weighted by Gasteiger charge is 2.31. The average molecular weight is 153 g/mol. The highest BCUT2D eigenvalue weighted by molar-refractivity contribution is 5.86. The highest BCUT2D eigenvalue weighted by Crippen LogP contribution is 2.39. The maximum atomic E-state index is 10.5. The van der Waals surface area contributed by atoms with Crippen molar-refractivity contribution in [3.8, 4) is 0 Å². The molecule has 5 heteroatoms. The molecule has 0 atom stereocenters. The molecule has 58 valence electrons. The van der Waals surface area contributed by atoms with Gasteiger partial charge in [0.1, 0.15) is 5.69 Å². The zero-order valence-corrected chi connectivity index (χ0v) is 5.74. The fraction of sp³-hybridized carbons (Fsp3) is 0.500. The van der Waals surface area contributed by atoms with Crippen LogP contribution in [0.2, 0.25) is 0 Å². The number of H-pyrrole nitrogens is 1. The third-order valence-electron chi connectivity index (χ3n) is 1.74. The van der Waals surface area contributed by atoms with Crippen molar-refractivity contribution < 1.29 is 9.90 Å². The van der Waals surface area contributed by atoms with Crippen LogP contribution in [0.5, 0.6) is 0 Å². The van der Waals surface area contributed by atoms with Gasteiger partial charge in [0.2, 0.25) is 0 Å². The summed E-state index contributed by atoms with van der Waals surface area (Å²) in [6, 6.07) is 0. The zero-order chi connectivity index (χ0) is 7.84. The predicted molar refractivity (Wildman–Crippen MR) is 35.3 cm³/mol. The number of hydrogen-bond acceptors (Lipinski definition) is 3. The lowest BCUT2D eigenvalue weighted by molar-refractivity contribution is 0.0689. The van der Waals surface area contributed by atoms with E-state index in [1.165, 1.54) is 0 Å².